The Morgan fingerprint density at radius 1 is 1.20 bits per heavy atom. The molecule has 3 aromatic rings. The average Bonchev–Trinajstić information content (AvgIpc) is 2.95. The fourth-order valence-corrected chi connectivity index (χ4v) is 3.44. The third kappa shape index (κ3) is 1.74. The summed E-state index contributed by atoms with van der Waals surface area (Å²) in [7, 11) is 0. The maximum absolute atomic E-state index is 6.05. The highest BCUT2D eigenvalue weighted by Gasteiger charge is 2.25. The van der Waals surface area contributed by atoms with Crippen molar-refractivity contribution in [3.8, 4) is 5.75 Å². The van der Waals surface area contributed by atoms with Gasteiger partial charge in [-0.15, -0.1) is 11.3 Å². The molecule has 2 N–H and O–H groups in total. The first-order chi connectivity index (χ1) is 9.83. The monoisotopic (exact) mass is 283 g/mol. The molecular weight excluding hydrogens is 270 g/mol. The Hall–Kier alpha value is -2.14. The van der Waals surface area contributed by atoms with E-state index in [4.69, 9.17) is 15.5 Å². The first-order valence-electron chi connectivity index (χ1n) is 6.55. The van der Waals surface area contributed by atoms with Crippen LogP contribution in [0.2, 0.25) is 0 Å². The smallest absolute Gasteiger partial charge is 0.140 e. The molecule has 3 heterocycles. The van der Waals surface area contributed by atoms with Crippen LogP contribution in [0.15, 0.2) is 35.7 Å². The Bertz CT molecular complexity index is 784. The van der Waals surface area contributed by atoms with Crippen molar-refractivity contribution in [2.45, 2.75) is 12.3 Å². The molecule has 1 aliphatic rings. The number of fused-ring (bicyclic) bond motifs is 2. The Morgan fingerprint density at radius 2 is 2.10 bits per heavy atom. The first kappa shape index (κ1) is 11.7. The number of nitrogens with zero attached hydrogens (tertiary/aromatic N) is 2. The van der Waals surface area contributed by atoms with Gasteiger partial charge in [0.05, 0.1) is 17.9 Å². The minimum atomic E-state index is 0.161. The lowest BCUT2D eigenvalue weighted by atomic mass is 9.92. The summed E-state index contributed by atoms with van der Waals surface area (Å²) in [5.41, 5.74) is 7.20. The van der Waals surface area contributed by atoms with E-state index >= 15 is 0 Å². The van der Waals surface area contributed by atoms with E-state index in [2.05, 4.69) is 11.1 Å². The fraction of sp³-hybridized carbons (Fsp3) is 0.200. The maximum atomic E-state index is 6.05. The Morgan fingerprint density at radius 3 is 3.05 bits per heavy atom. The Labute approximate surface area is 120 Å². The number of thiophene rings is 1. The van der Waals surface area contributed by atoms with Crippen molar-refractivity contribution in [1.29, 1.82) is 0 Å². The standard InChI is InChI=1S/C15H13N3OS/c16-13-11-6-8-20-15(11)18-14(17-13)10-5-7-19-12-4-2-1-3-9(10)12/h1-4,6,8,10H,5,7H2,(H2,16,17,18). The largest absolute Gasteiger partial charge is 0.493 e. The SMILES string of the molecule is Nc1nc(C2CCOc3ccccc32)nc2sccc12. The highest BCUT2D eigenvalue weighted by molar-refractivity contribution is 7.16. The molecule has 0 spiro atoms. The number of ether oxygens (including phenoxy) is 1. The summed E-state index contributed by atoms with van der Waals surface area (Å²) in [5.74, 6) is 2.45. The molecule has 0 saturated carbocycles. The van der Waals surface area contributed by atoms with Crippen LogP contribution in [0.1, 0.15) is 23.7 Å². The number of rotatable bonds is 1. The molecule has 1 atom stereocenters. The molecule has 1 aliphatic heterocycles. The summed E-state index contributed by atoms with van der Waals surface area (Å²) in [6.07, 6.45) is 0.882. The molecule has 2 aromatic heterocycles. The van der Waals surface area contributed by atoms with Gasteiger partial charge in [0.15, 0.2) is 0 Å². The van der Waals surface area contributed by atoms with E-state index in [1.54, 1.807) is 11.3 Å². The Kier molecular flexibility index (Phi) is 2.60. The molecule has 0 fully saturated rings. The van der Waals surface area contributed by atoms with Crippen molar-refractivity contribution in [1.82, 2.24) is 9.97 Å². The summed E-state index contributed by atoms with van der Waals surface area (Å²) in [5, 5.41) is 2.94. The molecule has 0 saturated heterocycles. The van der Waals surface area contributed by atoms with Crippen LogP contribution in [-0.2, 0) is 0 Å². The molecule has 1 unspecified atom stereocenters. The van der Waals surface area contributed by atoms with Crippen molar-refractivity contribution in [2.24, 2.45) is 0 Å². The van der Waals surface area contributed by atoms with E-state index in [9.17, 15) is 0 Å². The number of aromatic nitrogens is 2. The predicted octanol–water partition coefficient (Wildman–Crippen LogP) is 3.19. The molecule has 0 aliphatic carbocycles. The van der Waals surface area contributed by atoms with Crippen molar-refractivity contribution in [2.75, 3.05) is 12.3 Å². The second kappa shape index (κ2) is 4.45. The zero-order chi connectivity index (χ0) is 13.5. The van der Waals surface area contributed by atoms with Crippen LogP contribution in [0, 0.1) is 0 Å². The summed E-state index contributed by atoms with van der Waals surface area (Å²) < 4.78 is 5.69. The van der Waals surface area contributed by atoms with Crippen LogP contribution >= 0.6 is 11.3 Å². The molecule has 4 rings (SSSR count). The van der Waals surface area contributed by atoms with Gasteiger partial charge in [-0.25, -0.2) is 9.97 Å². The van der Waals surface area contributed by atoms with Crippen LogP contribution in [0.25, 0.3) is 10.2 Å². The van der Waals surface area contributed by atoms with Gasteiger partial charge in [-0.05, 0) is 23.9 Å². The molecular formula is C15H13N3OS. The number of hydrogen-bond donors (Lipinski definition) is 1. The lowest BCUT2D eigenvalue weighted by molar-refractivity contribution is 0.274. The Balaban J connectivity index is 1.87. The third-order valence-corrected chi connectivity index (χ3v) is 4.45. The van der Waals surface area contributed by atoms with E-state index in [1.807, 2.05) is 29.6 Å². The van der Waals surface area contributed by atoms with E-state index < -0.39 is 0 Å². The number of para-hydroxylation sites is 1. The highest BCUT2D eigenvalue weighted by Crippen LogP contribution is 2.37. The molecule has 0 bridgehead atoms. The summed E-state index contributed by atoms with van der Waals surface area (Å²) >= 11 is 1.60. The molecule has 0 amide bonds. The van der Waals surface area contributed by atoms with Crippen molar-refractivity contribution >= 4 is 27.4 Å². The van der Waals surface area contributed by atoms with Crippen molar-refractivity contribution < 1.29 is 4.74 Å². The van der Waals surface area contributed by atoms with Crippen molar-refractivity contribution in [3.05, 3.63) is 47.1 Å². The number of hydrogen-bond acceptors (Lipinski definition) is 5. The number of nitrogens with two attached hydrogens (primary N) is 1. The van der Waals surface area contributed by atoms with Gasteiger partial charge < -0.3 is 10.5 Å². The van der Waals surface area contributed by atoms with Crippen LogP contribution in [0.4, 0.5) is 5.82 Å². The lowest BCUT2D eigenvalue weighted by Gasteiger charge is -2.24. The molecule has 0 radical (unpaired) electrons. The quantitative estimate of drug-likeness (QED) is 0.745. The van der Waals surface area contributed by atoms with Crippen LogP contribution in [-0.4, -0.2) is 16.6 Å². The van der Waals surface area contributed by atoms with Gasteiger partial charge in [0.2, 0.25) is 0 Å². The summed E-state index contributed by atoms with van der Waals surface area (Å²) in [6.45, 7) is 0.688. The summed E-state index contributed by atoms with van der Waals surface area (Å²) in [4.78, 5) is 10.2. The van der Waals surface area contributed by atoms with E-state index in [1.165, 1.54) is 0 Å². The van der Waals surface area contributed by atoms with Gasteiger partial charge in [0, 0.05) is 5.56 Å². The van der Waals surface area contributed by atoms with Gasteiger partial charge in [0.1, 0.15) is 22.2 Å². The zero-order valence-corrected chi connectivity index (χ0v) is 11.6. The third-order valence-electron chi connectivity index (χ3n) is 3.64. The number of nitrogen functional groups attached to an aromatic ring is 1. The van der Waals surface area contributed by atoms with E-state index in [0.29, 0.717) is 12.4 Å². The minimum absolute atomic E-state index is 0.161. The van der Waals surface area contributed by atoms with Crippen molar-refractivity contribution in [3.63, 3.8) is 0 Å². The highest BCUT2D eigenvalue weighted by atomic mass is 32.1. The van der Waals surface area contributed by atoms with Gasteiger partial charge in [-0.2, -0.15) is 0 Å². The molecule has 5 heteroatoms. The fourth-order valence-electron chi connectivity index (χ4n) is 2.66. The van der Waals surface area contributed by atoms with E-state index in [-0.39, 0.29) is 5.92 Å². The van der Waals surface area contributed by atoms with Crippen LogP contribution < -0.4 is 10.5 Å². The number of anilines is 1. The molecule has 100 valence electrons. The molecule has 1 aromatic carbocycles. The maximum Gasteiger partial charge on any atom is 0.140 e. The van der Waals surface area contributed by atoms with Gasteiger partial charge in [-0.3, -0.25) is 0 Å². The summed E-state index contributed by atoms with van der Waals surface area (Å²) in [6, 6.07) is 10.1. The topological polar surface area (TPSA) is 61.0 Å². The average molecular weight is 283 g/mol. The van der Waals surface area contributed by atoms with E-state index in [0.717, 1.165) is 33.8 Å². The van der Waals surface area contributed by atoms with Crippen LogP contribution in [0.5, 0.6) is 5.75 Å². The molecule has 20 heavy (non-hydrogen) atoms. The van der Waals surface area contributed by atoms with Gasteiger partial charge in [0.25, 0.3) is 0 Å². The first-order valence-corrected chi connectivity index (χ1v) is 7.43. The second-order valence-corrected chi connectivity index (χ2v) is 5.73. The normalized spacial score (nSPS) is 17.7. The zero-order valence-electron chi connectivity index (χ0n) is 10.7. The second-order valence-electron chi connectivity index (χ2n) is 4.83. The lowest BCUT2D eigenvalue weighted by Crippen LogP contribution is -2.17. The van der Waals surface area contributed by atoms with Gasteiger partial charge >= 0.3 is 0 Å². The molecule has 4 nitrogen and oxygen atoms in total. The number of benzene rings is 1. The van der Waals surface area contributed by atoms with Crippen LogP contribution in [0.3, 0.4) is 0 Å². The predicted molar refractivity (Wildman–Crippen MR) is 80.2 cm³/mol. The van der Waals surface area contributed by atoms with Gasteiger partial charge in [-0.1, -0.05) is 18.2 Å². The minimum Gasteiger partial charge on any atom is -0.493 e.